The third-order valence-corrected chi connectivity index (χ3v) is 4.30. The van der Waals surface area contributed by atoms with E-state index in [1.807, 2.05) is 30.3 Å². The van der Waals surface area contributed by atoms with Gasteiger partial charge in [-0.3, -0.25) is 24.4 Å². The van der Waals surface area contributed by atoms with Gasteiger partial charge < -0.3 is 10.4 Å². The molecule has 2 aromatic rings. The minimum Gasteiger partial charge on any atom is -0.481 e. The van der Waals surface area contributed by atoms with Crippen LogP contribution in [-0.4, -0.2) is 38.2 Å². The van der Waals surface area contributed by atoms with Gasteiger partial charge in [-0.05, 0) is 25.8 Å². The zero-order valence-electron chi connectivity index (χ0n) is 15.2. The highest BCUT2D eigenvalue weighted by Gasteiger charge is 2.22. The van der Waals surface area contributed by atoms with E-state index in [-0.39, 0.29) is 31.1 Å². The number of benzene rings is 1. The van der Waals surface area contributed by atoms with Gasteiger partial charge in [0.1, 0.15) is 11.4 Å². The van der Waals surface area contributed by atoms with Crippen LogP contribution in [0.2, 0.25) is 0 Å². The van der Waals surface area contributed by atoms with Crippen LogP contribution >= 0.6 is 0 Å². The summed E-state index contributed by atoms with van der Waals surface area (Å²) in [5.74, 6) is -2.04. The van der Waals surface area contributed by atoms with Crippen LogP contribution in [0, 0.1) is 29.9 Å². The van der Waals surface area contributed by atoms with Gasteiger partial charge in [0, 0.05) is 13.0 Å². The van der Waals surface area contributed by atoms with Crippen LogP contribution in [0.15, 0.2) is 30.3 Å². The van der Waals surface area contributed by atoms with E-state index in [2.05, 4.69) is 10.4 Å². The van der Waals surface area contributed by atoms with Crippen LogP contribution < -0.4 is 5.32 Å². The van der Waals surface area contributed by atoms with E-state index >= 15 is 0 Å². The van der Waals surface area contributed by atoms with E-state index in [0.29, 0.717) is 17.8 Å². The first-order valence-corrected chi connectivity index (χ1v) is 8.51. The molecule has 0 aliphatic carbocycles. The SMILES string of the molecule is Cc1nn(CCC(=O)NCC(Cc2ccccc2)C(=O)O)c(C)c1[N+](=O)[O-]. The Morgan fingerprint density at radius 2 is 1.96 bits per heavy atom. The first-order valence-electron chi connectivity index (χ1n) is 8.51. The highest BCUT2D eigenvalue weighted by atomic mass is 16.6. The number of nitrogens with one attached hydrogen (secondary N) is 1. The van der Waals surface area contributed by atoms with E-state index in [1.54, 1.807) is 13.8 Å². The predicted octanol–water partition coefficient (Wildman–Crippen LogP) is 1.86. The lowest BCUT2D eigenvalue weighted by Gasteiger charge is -2.13. The normalized spacial score (nSPS) is 11.8. The largest absolute Gasteiger partial charge is 0.481 e. The number of carbonyl (C=O) groups excluding carboxylic acids is 1. The molecule has 144 valence electrons. The summed E-state index contributed by atoms with van der Waals surface area (Å²) in [6.07, 6.45) is 0.372. The zero-order valence-corrected chi connectivity index (χ0v) is 15.2. The Kier molecular flexibility index (Phi) is 6.64. The fourth-order valence-corrected chi connectivity index (χ4v) is 2.85. The van der Waals surface area contributed by atoms with Gasteiger partial charge in [-0.1, -0.05) is 30.3 Å². The lowest BCUT2D eigenvalue weighted by Crippen LogP contribution is -2.34. The molecule has 27 heavy (non-hydrogen) atoms. The molecule has 9 nitrogen and oxygen atoms in total. The molecule has 0 bridgehead atoms. The van der Waals surface area contributed by atoms with E-state index < -0.39 is 16.8 Å². The summed E-state index contributed by atoms with van der Waals surface area (Å²) in [6, 6.07) is 9.20. The van der Waals surface area contributed by atoms with Gasteiger partial charge in [-0.2, -0.15) is 5.10 Å². The summed E-state index contributed by atoms with van der Waals surface area (Å²) in [5, 5.41) is 27.1. The van der Waals surface area contributed by atoms with E-state index in [0.717, 1.165) is 5.56 Å². The number of carbonyl (C=O) groups is 2. The molecule has 0 saturated carbocycles. The summed E-state index contributed by atoms with van der Waals surface area (Å²) in [5.41, 5.74) is 1.52. The van der Waals surface area contributed by atoms with Crippen molar-refractivity contribution < 1.29 is 19.6 Å². The maximum Gasteiger partial charge on any atom is 0.312 e. The number of nitro groups is 1. The predicted molar refractivity (Wildman–Crippen MR) is 97.3 cm³/mol. The molecular weight excluding hydrogens is 352 g/mol. The lowest BCUT2D eigenvalue weighted by atomic mass is 9.99. The molecule has 0 saturated heterocycles. The van der Waals surface area contributed by atoms with Crippen molar-refractivity contribution in [1.29, 1.82) is 0 Å². The van der Waals surface area contributed by atoms with Gasteiger partial charge >= 0.3 is 11.7 Å². The number of rotatable bonds is 9. The highest BCUT2D eigenvalue weighted by molar-refractivity contribution is 5.77. The second kappa shape index (κ2) is 8.93. The number of hydrogen-bond donors (Lipinski definition) is 2. The van der Waals surface area contributed by atoms with Crippen LogP contribution in [0.1, 0.15) is 23.4 Å². The van der Waals surface area contributed by atoms with Crippen molar-refractivity contribution in [3.63, 3.8) is 0 Å². The Morgan fingerprint density at radius 3 is 2.52 bits per heavy atom. The summed E-state index contributed by atoms with van der Waals surface area (Å²) in [4.78, 5) is 34.0. The van der Waals surface area contributed by atoms with E-state index in [9.17, 15) is 24.8 Å². The van der Waals surface area contributed by atoms with E-state index in [4.69, 9.17) is 0 Å². The van der Waals surface area contributed by atoms with Crippen LogP contribution in [0.25, 0.3) is 0 Å². The van der Waals surface area contributed by atoms with Gasteiger partial charge in [0.25, 0.3) is 0 Å². The Morgan fingerprint density at radius 1 is 1.30 bits per heavy atom. The van der Waals surface area contributed by atoms with Crippen molar-refractivity contribution >= 4 is 17.6 Å². The van der Waals surface area contributed by atoms with Crippen molar-refractivity contribution in [1.82, 2.24) is 15.1 Å². The number of carboxylic acids is 1. The minimum atomic E-state index is -0.978. The van der Waals surface area contributed by atoms with Gasteiger partial charge in [0.05, 0.1) is 17.4 Å². The van der Waals surface area contributed by atoms with Crippen molar-refractivity contribution in [3.05, 3.63) is 57.4 Å². The average Bonchev–Trinajstić information content (AvgIpc) is 2.91. The zero-order chi connectivity index (χ0) is 20.0. The second-order valence-electron chi connectivity index (χ2n) is 6.28. The number of nitrogens with zero attached hydrogens (tertiary/aromatic N) is 3. The number of aromatic nitrogens is 2. The molecule has 9 heteroatoms. The number of amides is 1. The number of aryl methyl sites for hydroxylation is 2. The van der Waals surface area contributed by atoms with Gasteiger partial charge in [-0.25, -0.2) is 0 Å². The molecule has 2 N–H and O–H groups in total. The molecule has 0 fully saturated rings. The molecule has 0 radical (unpaired) electrons. The second-order valence-corrected chi connectivity index (χ2v) is 6.28. The topological polar surface area (TPSA) is 127 Å². The van der Waals surface area contributed by atoms with Gasteiger partial charge in [0.2, 0.25) is 5.91 Å². The van der Waals surface area contributed by atoms with Crippen LogP contribution in [0.5, 0.6) is 0 Å². The fraction of sp³-hybridized carbons (Fsp3) is 0.389. The first-order chi connectivity index (χ1) is 12.8. The smallest absolute Gasteiger partial charge is 0.312 e. The van der Waals surface area contributed by atoms with Crippen molar-refractivity contribution in [2.24, 2.45) is 5.92 Å². The Labute approximate surface area is 156 Å². The summed E-state index contributed by atoms with van der Waals surface area (Å²) in [6.45, 7) is 3.32. The Bertz CT molecular complexity index is 832. The molecular formula is C18H22N4O5. The maximum atomic E-state index is 12.1. The average molecular weight is 374 g/mol. The molecule has 1 heterocycles. The number of carboxylic acid groups (broad SMARTS) is 1. The standard InChI is InChI=1S/C18H22N4O5/c1-12-17(22(26)27)13(2)21(20-12)9-8-16(23)19-11-15(18(24)25)10-14-6-4-3-5-7-14/h3-7,15H,8-11H2,1-2H3,(H,19,23)(H,24,25). The first kappa shape index (κ1) is 20.1. The summed E-state index contributed by atoms with van der Waals surface area (Å²) < 4.78 is 1.42. The molecule has 0 aliphatic rings. The van der Waals surface area contributed by atoms with Crippen molar-refractivity contribution in [2.45, 2.75) is 33.2 Å². The van der Waals surface area contributed by atoms with Crippen LogP contribution in [-0.2, 0) is 22.6 Å². The molecule has 2 rings (SSSR count). The number of hydrogen-bond acceptors (Lipinski definition) is 5. The van der Waals surface area contributed by atoms with Gasteiger partial charge in [0.15, 0.2) is 0 Å². The lowest BCUT2D eigenvalue weighted by molar-refractivity contribution is -0.386. The third-order valence-electron chi connectivity index (χ3n) is 4.30. The Balaban J connectivity index is 1.89. The van der Waals surface area contributed by atoms with E-state index in [1.165, 1.54) is 4.68 Å². The summed E-state index contributed by atoms with van der Waals surface area (Å²) >= 11 is 0. The maximum absolute atomic E-state index is 12.1. The fourth-order valence-electron chi connectivity index (χ4n) is 2.85. The molecule has 1 amide bonds. The monoisotopic (exact) mass is 374 g/mol. The van der Waals surface area contributed by atoms with Crippen molar-refractivity contribution in [2.75, 3.05) is 6.54 Å². The van der Waals surface area contributed by atoms with Crippen LogP contribution in [0.4, 0.5) is 5.69 Å². The molecule has 1 aromatic heterocycles. The highest BCUT2D eigenvalue weighted by Crippen LogP contribution is 2.21. The van der Waals surface area contributed by atoms with Crippen molar-refractivity contribution in [3.8, 4) is 0 Å². The van der Waals surface area contributed by atoms with Gasteiger partial charge in [-0.15, -0.1) is 0 Å². The minimum absolute atomic E-state index is 0.0142. The number of aliphatic carboxylic acids is 1. The van der Waals surface area contributed by atoms with Crippen LogP contribution in [0.3, 0.4) is 0 Å². The molecule has 0 spiro atoms. The Hall–Kier alpha value is -3.23. The quantitative estimate of drug-likeness (QED) is 0.509. The molecule has 0 aliphatic heterocycles. The molecule has 1 unspecified atom stereocenters. The summed E-state index contributed by atoms with van der Waals surface area (Å²) in [7, 11) is 0. The third kappa shape index (κ3) is 5.37. The molecule has 1 atom stereocenters. The molecule has 1 aromatic carbocycles.